The van der Waals surface area contributed by atoms with E-state index in [2.05, 4.69) is 20.2 Å². The predicted octanol–water partition coefficient (Wildman–Crippen LogP) is 0.486. The third-order valence-electron chi connectivity index (χ3n) is 4.38. The van der Waals surface area contributed by atoms with Gasteiger partial charge in [0.2, 0.25) is 0 Å². The fraction of sp³-hybridized carbons (Fsp3) is 0.529. The van der Waals surface area contributed by atoms with Gasteiger partial charge in [-0.2, -0.15) is 0 Å². The number of thiazole rings is 1. The van der Waals surface area contributed by atoms with Crippen LogP contribution in [0.25, 0.3) is 0 Å². The first-order valence-electron chi connectivity index (χ1n) is 8.64. The summed E-state index contributed by atoms with van der Waals surface area (Å²) in [6.45, 7) is 2.57. The molecule has 0 spiro atoms. The molecule has 1 saturated heterocycles. The van der Waals surface area contributed by atoms with E-state index in [-0.39, 0.29) is 19.1 Å². The fourth-order valence-electron chi connectivity index (χ4n) is 3.03. The van der Waals surface area contributed by atoms with Gasteiger partial charge in [0, 0.05) is 43.3 Å². The molecule has 2 N–H and O–H groups in total. The molecule has 1 fully saturated rings. The average molecular weight is 394 g/mol. The van der Waals surface area contributed by atoms with Crippen LogP contribution >= 0.6 is 11.3 Å². The van der Waals surface area contributed by atoms with Crippen molar-refractivity contribution in [1.82, 2.24) is 15.2 Å². The molecule has 146 valence electrons. The first kappa shape index (κ1) is 19.5. The summed E-state index contributed by atoms with van der Waals surface area (Å²) in [6, 6.07) is 0. The van der Waals surface area contributed by atoms with E-state index in [0.29, 0.717) is 44.1 Å². The average Bonchev–Trinajstić information content (AvgIpc) is 3.21. The summed E-state index contributed by atoms with van der Waals surface area (Å²) in [5, 5.41) is 14.7. The topological polar surface area (TPSA) is 113 Å². The van der Waals surface area contributed by atoms with E-state index in [9.17, 15) is 9.59 Å². The Bertz CT molecular complexity index is 747. The van der Waals surface area contributed by atoms with Gasteiger partial charge in [-0.1, -0.05) is 0 Å². The maximum Gasteiger partial charge on any atom is 0.337 e. The smallest absolute Gasteiger partial charge is 0.337 e. The highest BCUT2D eigenvalue weighted by Crippen LogP contribution is 2.18. The van der Waals surface area contributed by atoms with Gasteiger partial charge in [0.05, 0.1) is 31.9 Å². The standard InChI is InChI=1S/C17H22N4O5S/c1-25-17(24)12-8-19-15(16-18-4-7-27-16)20-13(12)10-21-5-6-26-11(9-21)2-3-14(22)23/h4,7,11H,2-3,5-6,8-10H2,1H3,(H,19,20)(H,22,23)/t11-/m1/s1. The summed E-state index contributed by atoms with van der Waals surface area (Å²) in [5.74, 6) is -0.594. The lowest BCUT2D eigenvalue weighted by Gasteiger charge is -2.34. The summed E-state index contributed by atoms with van der Waals surface area (Å²) in [7, 11) is 1.35. The maximum atomic E-state index is 12.1. The van der Waals surface area contributed by atoms with Gasteiger partial charge in [-0.05, 0) is 6.42 Å². The highest BCUT2D eigenvalue weighted by Gasteiger charge is 2.27. The molecule has 0 radical (unpaired) electrons. The van der Waals surface area contributed by atoms with Crippen molar-refractivity contribution in [2.45, 2.75) is 18.9 Å². The molecule has 3 heterocycles. The normalized spacial score (nSPS) is 20.8. The van der Waals surface area contributed by atoms with Crippen molar-refractivity contribution in [2.75, 3.05) is 39.9 Å². The molecule has 0 saturated carbocycles. The number of carbonyl (C=O) groups is 2. The van der Waals surface area contributed by atoms with Gasteiger partial charge in [-0.15, -0.1) is 11.3 Å². The fourth-order valence-corrected chi connectivity index (χ4v) is 3.63. The van der Waals surface area contributed by atoms with Crippen LogP contribution in [0, 0.1) is 0 Å². The number of nitrogens with zero attached hydrogens (tertiary/aromatic N) is 3. The predicted molar refractivity (Wildman–Crippen MR) is 98.7 cm³/mol. The Labute approximate surface area is 160 Å². The number of aliphatic imine (C=N–C) groups is 1. The number of hydrogen-bond donors (Lipinski definition) is 2. The zero-order valence-corrected chi connectivity index (χ0v) is 15.8. The van der Waals surface area contributed by atoms with Gasteiger partial charge in [0.25, 0.3) is 0 Å². The zero-order chi connectivity index (χ0) is 19.2. The number of rotatable bonds is 7. The van der Waals surface area contributed by atoms with Crippen molar-refractivity contribution >= 4 is 29.1 Å². The molecule has 27 heavy (non-hydrogen) atoms. The number of ether oxygens (including phenoxy) is 2. The number of carboxylic acid groups (broad SMARTS) is 1. The first-order valence-corrected chi connectivity index (χ1v) is 9.52. The molecule has 1 aromatic rings. The van der Waals surface area contributed by atoms with Crippen molar-refractivity contribution in [3.05, 3.63) is 27.9 Å². The molecule has 0 unspecified atom stereocenters. The lowest BCUT2D eigenvalue weighted by Crippen LogP contribution is -2.46. The van der Waals surface area contributed by atoms with E-state index in [4.69, 9.17) is 14.6 Å². The van der Waals surface area contributed by atoms with Crippen molar-refractivity contribution in [3.8, 4) is 0 Å². The number of aromatic nitrogens is 1. The lowest BCUT2D eigenvalue weighted by molar-refractivity contribution is -0.138. The van der Waals surface area contributed by atoms with Gasteiger partial charge in [-0.3, -0.25) is 14.7 Å². The van der Waals surface area contributed by atoms with Crippen LogP contribution in [0.4, 0.5) is 0 Å². The van der Waals surface area contributed by atoms with Gasteiger partial charge < -0.3 is 19.9 Å². The summed E-state index contributed by atoms with van der Waals surface area (Å²) in [6.07, 6.45) is 2.12. The first-order chi connectivity index (χ1) is 13.1. The highest BCUT2D eigenvalue weighted by molar-refractivity contribution is 7.11. The maximum absolute atomic E-state index is 12.1. The van der Waals surface area contributed by atoms with E-state index < -0.39 is 11.9 Å². The second-order valence-corrected chi connectivity index (χ2v) is 7.13. The Morgan fingerprint density at radius 1 is 1.52 bits per heavy atom. The monoisotopic (exact) mass is 394 g/mol. The molecule has 2 aliphatic heterocycles. The molecule has 1 aromatic heterocycles. The Balaban J connectivity index is 1.69. The molecule has 0 aromatic carbocycles. The highest BCUT2D eigenvalue weighted by atomic mass is 32.1. The molecule has 3 rings (SSSR count). The van der Waals surface area contributed by atoms with Crippen LogP contribution in [-0.4, -0.2) is 78.8 Å². The van der Waals surface area contributed by atoms with Crippen molar-refractivity contribution in [1.29, 1.82) is 0 Å². The van der Waals surface area contributed by atoms with E-state index in [1.165, 1.54) is 18.4 Å². The number of methoxy groups -OCH3 is 1. The number of carbonyl (C=O) groups excluding carboxylic acids is 1. The minimum Gasteiger partial charge on any atom is -0.481 e. The number of hydrogen-bond acceptors (Lipinski definition) is 9. The molecule has 10 heteroatoms. The third kappa shape index (κ3) is 5.12. The third-order valence-corrected chi connectivity index (χ3v) is 5.16. The van der Waals surface area contributed by atoms with E-state index >= 15 is 0 Å². The van der Waals surface area contributed by atoms with Crippen LogP contribution in [0.15, 0.2) is 27.8 Å². The SMILES string of the molecule is COC(=O)C1=C(CN2CCO[C@H](CCC(=O)O)C2)NC(c2nccs2)=NC1. The quantitative estimate of drug-likeness (QED) is 0.642. The van der Waals surface area contributed by atoms with E-state index in [1.54, 1.807) is 6.20 Å². The molecule has 0 amide bonds. The summed E-state index contributed by atoms with van der Waals surface area (Å²) >= 11 is 1.47. The second kappa shape index (κ2) is 9.07. The van der Waals surface area contributed by atoms with Crippen LogP contribution in [0.1, 0.15) is 17.8 Å². The number of esters is 1. The van der Waals surface area contributed by atoms with Crippen molar-refractivity contribution in [2.24, 2.45) is 4.99 Å². The molecule has 1 atom stereocenters. The Kier molecular flexibility index (Phi) is 6.54. The van der Waals surface area contributed by atoms with Gasteiger partial charge in [0.15, 0.2) is 10.8 Å². The molecule has 9 nitrogen and oxygen atoms in total. The van der Waals surface area contributed by atoms with Crippen LogP contribution in [0.2, 0.25) is 0 Å². The van der Waals surface area contributed by atoms with E-state index in [0.717, 1.165) is 10.7 Å². The zero-order valence-electron chi connectivity index (χ0n) is 15.0. The Morgan fingerprint density at radius 3 is 3.07 bits per heavy atom. The molecule has 0 bridgehead atoms. The summed E-state index contributed by atoms with van der Waals surface area (Å²) in [5.41, 5.74) is 1.23. The Morgan fingerprint density at radius 2 is 2.37 bits per heavy atom. The minimum absolute atomic E-state index is 0.0771. The minimum atomic E-state index is -0.829. The van der Waals surface area contributed by atoms with Gasteiger partial charge in [-0.25, -0.2) is 9.78 Å². The number of nitrogens with one attached hydrogen (secondary N) is 1. The van der Waals surface area contributed by atoms with Crippen LogP contribution in [0.5, 0.6) is 0 Å². The largest absolute Gasteiger partial charge is 0.481 e. The molecule has 0 aliphatic carbocycles. The van der Waals surface area contributed by atoms with Gasteiger partial charge >= 0.3 is 11.9 Å². The lowest BCUT2D eigenvalue weighted by atomic mass is 10.1. The Hall–Kier alpha value is -2.30. The molecular formula is C17H22N4O5S. The van der Waals surface area contributed by atoms with E-state index in [1.807, 2.05) is 5.38 Å². The molecular weight excluding hydrogens is 372 g/mol. The van der Waals surface area contributed by atoms with Crippen molar-refractivity contribution in [3.63, 3.8) is 0 Å². The van der Waals surface area contributed by atoms with Crippen LogP contribution in [0.3, 0.4) is 0 Å². The van der Waals surface area contributed by atoms with Crippen LogP contribution < -0.4 is 5.32 Å². The molecule has 2 aliphatic rings. The van der Waals surface area contributed by atoms with Crippen molar-refractivity contribution < 1.29 is 24.2 Å². The number of carboxylic acids is 1. The second-order valence-electron chi connectivity index (χ2n) is 6.24. The van der Waals surface area contributed by atoms with Crippen LogP contribution in [-0.2, 0) is 19.1 Å². The van der Waals surface area contributed by atoms with Gasteiger partial charge in [0.1, 0.15) is 0 Å². The summed E-state index contributed by atoms with van der Waals surface area (Å²) < 4.78 is 10.6. The number of amidine groups is 1. The summed E-state index contributed by atoms with van der Waals surface area (Å²) in [4.78, 5) is 33.7. The number of morpholine rings is 1. The number of aliphatic carboxylic acids is 1.